The molecule has 1 aromatic carbocycles. The average Bonchev–Trinajstić information content (AvgIpc) is 2.91. The van der Waals surface area contributed by atoms with E-state index in [1.54, 1.807) is 11.3 Å². The van der Waals surface area contributed by atoms with Crippen LogP contribution in [0.3, 0.4) is 0 Å². The van der Waals surface area contributed by atoms with E-state index in [1.807, 2.05) is 19.1 Å². The summed E-state index contributed by atoms with van der Waals surface area (Å²) in [6, 6.07) is 6.50. The van der Waals surface area contributed by atoms with Crippen LogP contribution in [0.15, 0.2) is 18.2 Å². The van der Waals surface area contributed by atoms with Crippen LogP contribution in [-0.4, -0.2) is 53.1 Å². The first kappa shape index (κ1) is 18.6. The molecule has 1 fully saturated rings. The molecule has 1 saturated heterocycles. The number of nitrogens with zero attached hydrogens (tertiary/aromatic N) is 2. The van der Waals surface area contributed by atoms with Crippen LogP contribution in [0.4, 0.5) is 0 Å². The number of hydrogen-bond donors (Lipinski definition) is 1. The maximum Gasteiger partial charge on any atom is 0.317 e. The van der Waals surface area contributed by atoms with Crippen LogP contribution in [0.1, 0.15) is 30.2 Å². The predicted octanol–water partition coefficient (Wildman–Crippen LogP) is 4.23. The Balaban J connectivity index is 1.64. The van der Waals surface area contributed by atoms with Gasteiger partial charge in [-0.2, -0.15) is 0 Å². The molecule has 6 heteroatoms. The fourth-order valence-corrected chi connectivity index (χ4v) is 5.27. The highest BCUT2D eigenvalue weighted by Crippen LogP contribution is 2.36. The molecule has 1 N–H and O–H groups in total. The van der Waals surface area contributed by atoms with Gasteiger partial charge in [0.05, 0.1) is 16.3 Å². The highest BCUT2D eigenvalue weighted by molar-refractivity contribution is 7.20. The number of likely N-dealkylation sites (tertiary alicyclic amines) is 1. The number of carbonyl (C=O) groups is 1. The molecule has 0 unspecified atom stereocenters. The Morgan fingerprint density at radius 1 is 1.40 bits per heavy atom. The summed E-state index contributed by atoms with van der Waals surface area (Å²) >= 11 is 8.14. The highest BCUT2D eigenvalue weighted by Gasteiger charge is 2.25. The number of halogens is 1. The Kier molecular flexibility index (Phi) is 6.00. The Hall–Kier alpha value is -1.14. The number of carboxylic acid groups (broad SMARTS) is 1. The third kappa shape index (κ3) is 4.17. The summed E-state index contributed by atoms with van der Waals surface area (Å²) in [5.41, 5.74) is 1.34. The minimum atomic E-state index is -0.734. The van der Waals surface area contributed by atoms with Gasteiger partial charge in [0.25, 0.3) is 0 Å². The maximum atomic E-state index is 11.0. The first-order valence-electron chi connectivity index (χ1n) is 8.84. The van der Waals surface area contributed by atoms with E-state index in [0.717, 1.165) is 44.0 Å². The van der Waals surface area contributed by atoms with E-state index >= 15 is 0 Å². The van der Waals surface area contributed by atoms with E-state index in [1.165, 1.54) is 20.5 Å². The van der Waals surface area contributed by atoms with Crippen LogP contribution in [-0.2, 0) is 11.3 Å². The molecule has 0 aliphatic carbocycles. The van der Waals surface area contributed by atoms with Gasteiger partial charge in [-0.1, -0.05) is 30.7 Å². The van der Waals surface area contributed by atoms with E-state index in [-0.39, 0.29) is 6.54 Å². The number of thiophene rings is 1. The molecule has 2 aromatic rings. The number of piperidine rings is 1. The zero-order chi connectivity index (χ0) is 18.0. The monoisotopic (exact) mass is 380 g/mol. The van der Waals surface area contributed by atoms with Crippen LogP contribution < -0.4 is 0 Å². The molecule has 3 rings (SSSR count). The van der Waals surface area contributed by atoms with E-state index in [9.17, 15) is 4.79 Å². The van der Waals surface area contributed by atoms with Crippen LogP contribution in [0.5, 0.6) is 0 Å². The van der Waals surface area contributed by atoms with Crippen molar-refractivity contribution in [1.82, 2.24) is 9.80 Å². The summed E-state index contributed by atoms with van der Waals surface area (Å²) in [4.78, 5) is 17.0. The number of hydrogen-bond acceptors (Lipinski definition) is 4. The Morgan fingerprint density at radius 3 is 2.72 bits per heavy atom. The van der Waals surface area contributed by atoms with Crippen molar-refractivity contribution in [3.05, 3.63) is 33.7 Å². The lowest BCUT2D eigenvalue weighted by atomic mass is 10.0. The van der Waals surface area contributed by atoms with Crippen molar-refractivity contribution in [1.29, 1.82) is 0 Å². The van der Waals surface area contributed by atoms with Gasteiger partial charge in [0, 0.05) is 30.6 Å². The van der Waals surface area contributed by atoms with E-state index in [0.29, 0.717) is 6.04 Å². The molecule has 1 aliphatic rings. The van der Waals surface area contributed by atoms with Gasteiger partial charge >= 0.3 is 5.97 Å². The summed E-state index contributed by atoms with van der Waals surface area (Å²) in [7, 11) is 0. The van der Waals surface area contributed by atoms with Crippen molar-refractivity contribution in [2.75, 3.05) is 26.2 Å². The van der Waals surface area contributed by atoms with Gasteiger partial charge in [0.2, 0.25) is 0 Å². The van der Waals surface area contributed by atoms with E-state index < -0.39 is 5.97 Å². The van der Waals surface area contributed by atoms with Crippen molar-refractivity contribution < 1.29 is 9.90 Å². The van der Waals surface area contributed by atoms with Crippen molar-refractivity contribution in [2.45, 2.75) is 39.3 Å². The summed E-state index contributed by atoms with van der Waals surface area (Å²) in [5, 5.41) is 11.2. The van der Waals surface area contributed by atoms with Gasteiger partial charge in [-0.05, 0) is 43.3 Å². The van der Waals surface area contributed by atoms with Crippen LogP contribution in [0, 0.1) is 6.92 Å². The fraction of sp³-hybridized carbons (Fsp3) is 0.526. The standard InChI is InChI=1S/C19H25ClN2O2S/c1-3-22(12-18(23)24)14-7-9-21(10-8-14)11-17-13(2)15-5-4-6-16(20)19(15)25-17/h4-6,14H,3,7-12H2,1-2H3,(H,23,24). The van der Waals surface area contributed by atoms with Gasteiger partial charge in [-0.3, -0.25) is 14.6 Å². The van der Waals surface area contributed by atoms with Gasteiger partial charge in [-0.15, -0.1) is 11.3 Å². The van der Waals surface area contributed by atoms with Crippen molar-refractivity contribution >= 4 is 39.0 Å². The molecule has 1 aliphatic heterocycles. The van der Waals surface area contributed by atoms with Crippen molar-refractivity contribution in [2.24, 2.45) is 0 Å². The second kappa shape index (κ2) is 8.04. The summed E-state index contributed by atoms with van der Waals surface area (Å²) in [6.07, 6.45) is 2.07. The van der Waals surface area contributed by atoms with Gasteiger partial charge in [0.15, 0.2) is 0 Å². The molecular weight excluding hydrogens is 356 g/mol. The molecule has 136 valence electrons. The van der Waals surface area contributed by atoms with Crippen molar-refractivity contribution in [3.8, 4) is 0 Å². The van der Waals surface area contributed by atoms with Crippen LogP contribution in [0.25, 0.3) is 10.1 Å². The molecule has 0 saturated carbocycles. The number of rotatable bonds is 6. The molecule has 0 atom stereocenters. The third-order valence-corrected chi connectivity index (χ3v) is 6.95. The highest BCUT2D eigenvalue weighted by atomic mass is 35.5. The zero-order valence-corrected chi connectivity index (χ0v) is 16.4. The van der Waals surface area contributed by atoms with E-state index in [2.05, 4.69) is 22.8 Å². The first-order valence-corrected chi connectivity index (χ1v) is 10.0. The quantitative estimate of drug-likeness (QED) is 0.814. The summed E-state index contributed by atoms with van der Waals surface area (Å²) in [6.45, 7) is 8.16. The Labute approximate surface area is 158 Å². The molecule has 0 amide bonds. The number of likely N-dealkylation sites (N-methyl/N-ethyl adjacent to an activating group) is 1. The smallest absolute Gasteiger partial charge is 0.317 e. The second-order valence-corrected chi connectivity index (χ2v) is 8.24. The summed E-state index contributed by atoms with van der Waals surface area (Å²) < 4.78 is 1.19. The first-order chi connectivity index (χ1) is 12.0. The Morgan fingerprint density at radius 2 is 2.12 bits per heavy atom. The number of aliphatic carboxylic acids is 1. The SMILES string of the molecule is CCN(CC(=O)O)C1CCN(Cc2sc3c(Cl)cccc3c2C)CC1. The largest absolute Gasteiger partial charge is 0.480 e. The predicted molar refractivity (Wildman–Crippen MR) is 105 cm³/mol. The van der Waals surface area contributed by atoms with Gasteiger partial charge in [0.1, 0.15) is 0 Å². The molecule has 1 aromatic heterocycles. The Bertz CT molecular complexity index is 753. The molecule has 0 radical (unpaired) electrons. The number of benzene rings is 1. The lowest BCUT2D eigenvalue weighted by molar-refractivity contribution is -0.139. The van der Waals surface area contributed by atoms with Crippen LogP contribution in [0.2, 0.25) is 5.02 Å². The zero-order valence-electron chi connectivity index (χ0n) is 14.8. The molecule has 0 bridgehead atoms. The van der Waals surface area contributed by atoms with Crippen LogP contribution >= 0.6 is 22.9 Å². The average molecular weight is 381 g/mol. The molecule has 4 nitrogen and oxygen atoms in total. The number of fused-ring (bicyclic) bond motifs is 1. The molecule has 0 spiro atoms. The number of aryl methyl sites for hydroxylation is 1. The van der Waals surface area contributed by atoms with E-state index in [4.69, 9.17) is 16.7 Å². The third-order valence-electron chi connectivity index (χ3n) is 5.20. The van der Waals surface area contributed by atoms with Gasteiger partial charge < -0.3 is 5.11 Å². The number of carboxylic acids is 1. The van der Waals surface area contributed by atoms with Gasteiger partial charge in [-0.25, -0.2) is 0 Å². The summed E-state index contributed by atoms with van der Waals surface area (Å²) in [5.74, 6) is -0.734. The topological polar surface area (TPSA) is 43.8 Å². The van der Waals surface area contributed by atoms with Crippen molar-refractivity contribution in [3.63, 3.8) is 0 Å². The molecular formula is C19H25ClN2O2S. The normalized spacial score (nSPS) is 16.8. The lowest BCUT2D eigenvalue weighted by Gasteiger charge is -2.37. The second-order valence-electron chi connectivity index (χ2n) is 6.73. The minimum Gasteiger partial charge on any atom is -0.480 e. The maximum absolute atomic E-state index is 11.0. The minimum absolute atomic E-state index is 0.148. The molecule has 25 heavy (non-hydrogen) atoms. The fourth-order valence-electron chi connectivity index (χ4n) is 3.73. The molecule has 2 heterocycles. The lowest BCUT2D eigenvalue weighted by Crippen LogP contribution is -2.46.